The van der Waals surface area contributed by atoms with E-state index in [1.54, 1.807) is 0 Å². The lowest BCUT2D eigenvalue weighted by Gasteiger charge is -2.20. The molecule has 78 valence electrons. The van der Waals surface area contributed by atoms with Crippen LogP contribution in [0.2, 0.25) is 0 Å². The number of hydrogen-bond donors (Lipinski definition) is 3. The highest BCUT2D eigenvalue weighted by molar-refractivity contribution is 7.80. The number of halogens is 1. The zero-order valence-corrected chi connectivity index (χ0v) is 9.53. The first-order chi connectivity index (χ1) is 5.97. The summed E-state index contributed by atoms with van der Waals surface area (Å²) in [5, 5.41) is 11.9. The van der Waals surface area contributed by atoms with Gasteiger partial charge in [0.05, 0.1) is 0 Å². The summed E-state index contributed by atoms with van der Waals surface area (Å²) in [7, 11) is 0. The highest BCUT2D eigenvalue weighted by Gasteiger charge is 2.16. The van der Waals surface area contributed by atoms with E-state index >= 15 is 0 Å². The first kappa shape index (κ1) is 12.9. The summed E-state index contributed by atoms with van der Waals surface area (Å²) in [5.41, 5.74) is 5.19. The van der Waals surface area contributed by atoms with Crippen molar-refractivity contribution in [3.63, 3.8) is 0 Å². The molecule has 0 spiro atoms. The highest BCUT2D eigenvalue weighted by Crippen LogP contribution is 2.18. The lowest BCUT2D eigenvalue weighted by Crippen LogP contribution is -2.40. The third-order valence-electron chi connectivity index (χ3n) is 2.02. The summed E-state index contributed by atoms with van der Waals surface area (Å²) in [6, 6.07) is 0. The van der Waals surface area contributed by atoms with Gasteiger partial charge < -0.3 is 16.2 Å². The largest absolute Gasteiger partial charge is 0.376 e. The number of rotatable bonds is 5. The average molecular weight is 225 g/mol. The Kier molecular flexibility index (Phi) is 6.37. The molecule has 3 nitrogen and oxygen atoms in total. The number of hydrogen-bond acceptors (Lipinski definition) is 2. The van der Waals surface area contributed by atoms with Crippen molar-refractivity contribution in [1.29, 1.82) is 0 Å². The van der Waals surface area contributed by atoms with Gasteiger partial charge in [0, 0.05) is 11.8 Å². The SMILES string of the molecule is CC[C@@H](C)C(Cl)CC(O)NC(N)=S. The van der Waals surface area contributed by atoms with E-state index in [0.29, 0.717) is 12.3 Å². The smallest absolute Gasteiger partial charge is 0.165 e. The van der Waals surface area contributed by atoms with Crippen LogP contribution in [-0.2, 0) is 0 Å². The molecule has 2 unspecified atom stereocenters. The van der Waals surface area contributed by atoms with Crippen LogP contribution in [-0.4, -0.2) is 21.8 Å². The molecule has 0 aliphatic carbocycles. The monoisotopic (exact) mass is 224 g/mol. The minimum absolute atomic E-state index is 0.0538. The van der Waals surface area contributed by atoms with Crippen molar-refractivity contribution in [2.45, 2.75) is 38.3 Å². The molecular formula is C8H17ClN2OS. The lowest BCUT2D eigenvalue weighted by atomic mass is 10.0. The average Bonchev–Trinajstić information content (AvgIpc) is 2.01. The molecule has 0 aromatic rings. The van der Waals surface area contributed by atoms with Crippen LogP contribution in [0.1, 0.15) is 26.7 Å². The van der Waals surface area contributed by atoms with Crippen LogP contribution in [0.15, 0.2) is 0 Å². The van der Waals surface area contributed by atoms with Gasteiger partial charge in [0.25, 0.3) is 0 Å². The van der Waals surface area contributed by atoms with Crippen LogP contribution >= 0.6 is 23.8 Å². The standard InChI is InChI=1S/C8H17ClN2OS/c1-3-5(2)6(9)4-7(12)11-8(10)13/h5-7,12H,3-4H2,1-2H3,(H3,10,11,13)/t5-,6?,7?/m1/s1. The first-order valence-corrected chi connectivity index (χ1v) is 5.20. The summed E-state index contributed by atoms with van der Waals surface area (Å²) >= 11 is 10.6. The maximum atomic E-state index is 9.37. The van der Waals surface area contributed by atoms with Crippen molar-refractivity contribution in [3.05, 3.63) is 0 Å². The fourth-order valence-electron chi connectivity index (χ4n) is 0.924. The molecule has 0 amide bonds. The van der Waals surface area contributed by atoms with Crippen LogP contribution in [0.5, 0.6) is 0 Å². The molecule has 0 bridgehead atoms. The summed E-state index contributed by atoms with van der Waals surface area (Å²) < 4.78 is 0. The van der Waals surface area contributed by atoms with Gasteiger partial charge in [-0.1, -0.05) is 20.3 Å². The summed E-state index contributed by atoms with van der Waals surface area (Å²) in [6.07, 6.45) is 0.705. The van der Waals surface area contributed by atoms with Crippen molar-refractivity contribution in [2.75, 3.05) is 0 Å². The van der Waals surface area contributed by atoms with Gasteiger partial charge in [-0.3, -0.25) is 0 Å². The van der Waals surface area contributed by atoms with Crippen LogP contribution in [0.4, 0.5) is 0 Å². The second-order valence-corrected chi connectivity index (χ2v) is 4.16. The molecule has 0 radical (unpaired) electrons. The number of nitrogens with two attached hydrogens (primary N) is 1. The van der Waals surface area contributed by atoms with Crippen molar-refractivity contribution in [1.82, 2.24) is 5.32 Å². The Bertz CT molecular complexity index is 168. The van der Waals surface area contributed by atoms with Gasteiger partial charge in [0.15, 0.2) is 5.11 Å². The second kappa shape index (κ2) is 6.40. The fourth-order valence-corrected chi connectivity index (χ4v) is 1.41. The molecule has 5 heteroatoms. The van der Waals surface area contributed by atoms with E-state index in [-0.39, 0.29) is 10.5 Å². The van der Waals surface area contributed by atoms with Gasteiger partial charge in [0.1, 0.15) is 6.23 Å². The molecule has 0 heterocycles. The maximum absolute atomic E-state index is 9.37. The quantitative estimate of drug-likeness (QED) is 0.373. The van der Waals surface area contributed by atoms with Gasteiger partial charge in [-0.15, -0.1) is 11.6 Å². The third kappa shape index (κ3) is 6.07. The second-order valence-electron chi connectivity index (χ2n) is 3.16. The predicted octanol–water partition coefficient (Wildman–Crippen LogP) is 1.18. The maximum Gasteiger partial charge on any atom is 0.165 e. The Hall–Kier alpha value is -0.0600. The van der Waals surface area contributed by atoms with Gasteiger partial charge in [-0.2, -0.15) is 0 Å². The van der Waals surface area contributed by atoms with Crippen LogP contribution in [0, 0.1) is 5.92 Å². The van der Waals surface area contributed by atoms with E-state index < -0.39 is 6.23 Å². The van der Waals surface area contributed by atoms with Crippen molar-refractivity contribution < 1.29 is 5.11 Å². The van der Waals surface area contributed by atoms with E-state index in [0.717, 1.165) is 6.42 Å². The Labute approximate surface area is 89.6 Å². The zero-order valence-electron chi connectivity index (χ0n) is 7.96. The summed E-state index contributed by atoms with van der Waals surface area (Å²) in [5.74, 6) is 0.379. The Morgan fingerprint density at radius 3 is 2.62 bits per heavy atom. The molecule has 4 N–H and O–H groups in total. The number of aliphatic hydroxyl groups excluding tert-OH is 1. The van der Waals surface area contributed by atoms with Gasteiger partial charge in [-0.25, -0.2) is 0 Å². The fraction of sp³-hybridized carbons (Fsp3) is 0.875. The van der Waals surface area contributed by atoms with Gasteiger partial charge in [0.2, 0.25) is 0 Å². The Balaban J connectivity index is 3.76. The minimum Gasteiger partial charge on any atom is -0.376 e. The Morgan fingerprint density at radius 2 is 2.23 bits per heavy atom. The normalized spacial score (nSPS) is 17.5. The topological polar surface area (TPSA) is 58.3 Å². The van der Waals surface area contributed by atoms with E-state index in [4.69, 9.17) is 17.3 Å². The number of aliphatic hydroxyl groups is 1. The molecule has 0 saturated heterocycles. The molecule has 13 heavy (non-hydrogen) atoms. The van der Waals surface area contributed by atoms with E-state index in [9.17, 15) is 5.11 Å². The predicted molar refractivity (Wildman–Crippen MR) is 59.6 cm³/mol. The number of thiocarbonyl (C=S) groups is 1. The molecule has 0 aliphatic heterocycles. The lowest BCUT2D eigenvalue weighted by molar-refractivity contribution is 0.143. The molecule has 3 atom stereocenters. The molecule has 0 rings (SSSR count). The first-order valence-electron chi connectivity index (χ1n) is 4.35. The van der Waals surface area contributed by atoms with Gasteiger partial charge >= 0.3 is 0 Å². The van der Waals surface area contributed by atoms with Crippen LogP contribution < -0.4 is 11.1 Å². The van der Waals surface area contributed by atoms with Crippen LogP contribution in [0.25, 0.3) is 0 Å². The Morgan fingerprint density at radius 1 is 1.69 bits per heavy atom. The number of alkyl halides is 1. The summed E-state index contributed by atoms with van der Waals surface area (Å²) in [4.78, 5) is 0. The van der Waals surface area contributed by atoms with Crippen molar-refractivity contribution >= 4 is 28.9 Å². The molecule has 0 aromatic carbocycles. The van der Waals surface area contributed by atoms with Crippen molar-refractivity contribution in [3.8, 4) is 0 Å². The molecule has 0 aliphatic rings. The minimum atomic E-state index is -0.742. The van der Waals surface area contributed by atoms with Crippen LogP contribution in [0.3, 0.4) is 0 Å². The molecule has 0 fully saturated rings. The summed E-state index contributed by atoms with van der Waals surface area (Å²) in [6.45, 7) is 4.11. The van der Waals surface area contributed by atoms with Gasteiger partial charge in [-0.05, 0) is 18.1 Å². The van der Waals surface area contributed by atoms with Crippen molar-refractivity contribution in [2.24, 2.45) is 11.7 Å². The van der Waals surface area contributed by atoms with E-state index in [2.05, 4.69) is 24.5 Å². The molecule has 0 saturated carbocycles. The van der Waals surface area contributed by atoms with E-state index in [1.165, 1.54) is 0 Å². The zero-order chi connectivity index (χ0) is 10.4. The van der Waals surface area contributed by atoms with E-state index in [1.807, 2.05) is 6.92 Å². The number of nitrogens with one attached hydrogen (secondary N) is 1. The highest BCUT2D eigenvalue weighted by atomic mass is 35.5. The molecular weight excluding hydrogens is 208 g/mol. The third-order valence-corrected chi connectivity index (χ3v) is 2.74. The molecule has 0 aromatic heterocycles.